The van der Waals surface area contributed by atoms with E-state index in [4.69, 9.17) is 5.73 Å². The second-order valence-electron chi connectivity index (χ2n) is 4.80. The molecule has 3 aromatic rings. The minimum absolute atomic E-state index is 0.336. The minimum Gasteiger partial charge on any atom is -0.369 e. The molecule has 0 radical (unpaired) electrons. The van der Waals surface area contributed by atoms with Crippen molar-refractivity contribution in [3.8, 4) is 0 Å². The number of halogens is 2. The number of aromatic nitrogens is 2. The molecule has 5 heteroatoms. The van der Waals surface area contributed by atoms with Crippen LogP contribution in [0.5, 0.6) is 0 Å². The number of fused-ring (bicyclic) bond motifs is 1. The number of nitrogen functional groups attached to an aromatic ring is 1. The number of benzene rings is 2. The molecule has 0 aliphatic heterocycles. The van der Waals surface area contributed by atoms with Crippen LogP contribution in [0.4, 0.5) is 10.3 Å². The Balaban J connectivity index is 2.08. The summed E-state index contributed by atoms with van der Waals surface area (Å²) in [5, 5.41) is 0. The molecule has 0 aliphatic rings. The molecular formula is C15H13BrFN3. The van der Waals surface area contributed by atoms with Gasteiger partial charge in [0.2, 0.25) is 5.95 Å². The molecule has 0 bridgehead atoms. The first-order valence-electron chi connectivity index (χ1n) is 6.21. The van der Waals surface area contributed by atoms with Crippen molar-refractivity contribution in [2.75, 3.05) is 5.73 Å². The quantitative estimate of drug-likeness (QED) is 0.773. The Morgan fingerprint density at radius 1 is 1.25 bits per heavy atom. The van der Waals surface area contributed by atoms with Gasteiger partial charge in [0.1, 0.15) is 5.82 Å². The summed E-state index contributed by atoms with van der Waals surface area (Å²) in [6.07, 6.45) is 0. The van der Waals surface area contributed by atoms with Crippen LogP contribution in [0, 0.1) is 12.7 Å². The lowest BCUT2D eigenvalue weighted by atomic mass is 10.1. The van der Waals surface area contributed by atoms with Crippen LogP contribution in [-0.2, 0) is 6.54 Å². The molecule has 2 aromatic carbocycles. The zero-order chi connectivity index (χ0) is 14.3. The van der Waals surface area contributed by atoms with E-state index in [9.17, 15) is 4.39 Å². The Kier molecular flexibility index (Phi) is 3.22. The molecular weight excluding hydrogens is 321 g/mol. The van der Waals surface area contributed by atoms with Crippen LogP contribution >= 0.6 is 15.9 Å². The third-order valence-electron chi connectivity index (χ3n) is 3.28. The SMILES string of the molecule is Cc1ccc(Cn2c(N)nc3cc(F)c(Br)cc32)cc1. The Hall–Kier alpha value is -1.88. The number of imidazole rings is 1. The largest absolute Gasteiger partial charge is 0.369 e. The average Bonchev–Trinajstić information content (AvgIpc) is 2.69. The van der Waals surface area contributed by atoms with E-state index < -0.39 is 0 Å². The number of nitrogens with two attached hydrogens (primary N) is 1. The lowest BCUT2D eigenvalue weighted by molar-refractivity contribution is 0.622. The third-order valence-corrected chi connectivity index (χ3v) is 3.89. The highest BCUT2D eigenvalue weighted by atomic mass is 79.9. The van der Waals surface area contributed by atoms with Gasteiger partial charge in [-0.15, -0.1) is 0 Å². The van der Waals surface area contributed by atoms with Gasteiger partial charge in [0.15, 0.2) is 0 Å². The zero-order valence-corrected chi connectivity index (χ0v) is 12.5. The Morgan fingerprint density at radius 3 is 2.65 bits per heavy atom. The lowest BCUT2D eigenvalue weighted by Crippen LogP contribution is -2.04. The van der Waals surface area contributed by atoms with Gasteiger partial charge >= 0.3 is 0 Å². The number of aryl methyl sites for hydroxylation is 1. The maximum atomic E-state index is 13.5. The molecule has 0 saturated heterocycles. The van der Waals surface area contributed by atoms with Gasteiger partial charge in [0, 0.05) is 6.07 Å². The normalized spacial score (nSPS) is 11.2. The number of hydrogen-bond donors (Lipinski definition) is 1. The summed E-state index contributed by atoms with van der Waals surface area (Å²) >= 11 is 3.20. The molecule has 20 heavy (non-hydrogen) atoms. The summed E-state index contributed by atoms with van der Waals surface area (Å²) in [4.78, 5) is 4.21. The highest BCUT2D eigenvalue weighted by Crippen LogP contribution is 2.25. The van der Waals surface area contributed by atoms with E-state index in [1.165, 1.54) is 11.6 Å². The summed E-state index contributed by atoms with van der Waals surface area (Å²) in [7, 11) is 0. The van der Waals surface area contributed by atoms with E-state index in [2.05, 4.69) is 45.2 Å². The molecule has 0 aliphatic carbocycles. The van der Waals surface area contributed by atoms with Crippen LogP contribution in [0.1, 0.15) is 11.1 Å². The van der Waals surface area contributed by atoms with Crippen LogP contribution in [0.15, 0.2) is 40.9 Å². The Labute approximate surface area is 124 Å². The molecule has 0 fully saturated rings. The predicted octanol–water partition coefficient (Wildman–Crippen LogP) is 3.88. The van der Waals surface area contributed by atoms with Crippen LogP contribution in [-0.4, -0.2) is 9.55 Å². The van der Waals surface area contributed by atoms with Gasteiger partial charge in [0.05, 0.1) is 22.1 Å². The van der Waals surface area contributed by atoms with E-state index in [1.54, 1.807) is 6.07 Å². The molecule has 1 heterocycles. The van der Waals surface area contributed by atoms with Crippen molar-refractivity contribution in [2.45, 2.75) is 13.5 Å². The van der Waals surface area contributed by atoms with Crippen molar-refractivity contribution in [3.63, 3.8) is 0 Å². The van der Waals surface area contributed by atoms with Crippen LogP contribution in [0.3, 0.4) is 0 Å². The molecule has 102 valence electrons. The van der Waals surface area contributed by atoms with Gasteiger partial charge in [-0.1, -0.05) is 29.8 Å². The monoisotopic (exact) mass is 333 g/mol. The molecule has 3 rings (SSSR count). The molecule has 3 nitrogen and oxygen atoms in total. The number of rotatable bonds is 2. The first-order chi connectivity index (χ1) is 9.54. The summed E-state index contributed by atoms with van der Waals surface area (Å²) in [6.45, 7) is 2.66. The first kappa shape index (κ1) is 13.1. The molecule has 0 spiro atoms. The fourth-order valence-electron chi connectivity index (χ4n) is 2.18. The first-order valence-corrected chi connectivity index (χ1v) is 7.00. The van der Waals surface area contributed by atoms with Crippen LogP contribution < -0.4 is 5.73 Å². The Morgan fingerprint density at radius 2 is 1.95 bits per heavy atom. The van der Waals surface area contributed by atoms with Crippen LogP contribution in [0.25, 0.3) is 11.0 Å². The van der Waals surface area contributed by atoms with E-state index >= 15 is 0 Å². The second-order valence-corrected chi connectivity index (χ2v) is 5.65. The van der Waals surface area contributed by atoms with Gasteiger partial charge < -0.3 is 10.3 Å². The van der Waals surface area contributed by atoms with Crippen molar-refractivity contribution in [3.05, 3.63) is 57.8 Å². The number of nitrogens with zero attached hydrogens (tertiary/aromatic N) is 2. The third kappa shape index (κ3) is 2.29. The van der Waals surface area contributed by atoms with Crippen LogP contribution in [0.2, 0.25) is 0 Å². The van der Waals surface area contributed by atoms with E-state index in [0.29, 0.717) is 22.5 Å². The summed E-state index contributed by atoms with van der Waals surface area (Å²) in [5.41, 5.74) is 9.66. The highest BCUT2D eigenvalue weighted by molar-refractivity contribution is 9.10. The molecule has 0 unspecified atom stereocenters. The van der Waals surface area contributed by atoms with E-state index in [1.807, 2.05) is 11.5 Å². The zero-order valence-electron chi connectivity index (χ0n) is 10.9. The van der Waals surface area contributed by atoms with E-state index in [0.717, 1.165) is 11.1 Å². The fourth-order valence-corrected chi connectivity index (χ4v) is 2.51. The molecule has 1 aromatic heterocycles. The summed E-state index contributed by atoms with van der Waals surface area (Å²) < 4.78 is 15.8. The van der Waals surface area contributed by atoms with E-state index in [-0.39, 0.29) is 5.82 Å². The maximum absolute atomic E-state index is 13.5. The number of hydrogen-bond acceptors (Lipinski definition) is 2. The minimum atomic E-state index is -0.336. The average molecular weight is 334 g/mol. The van der Waals surface area contributed by atoms with Gasteiger partial charge in [-0.2, -0.15) is 0 Å². The molecule has 0 atom stereocenters. The molecule has 0 saturated carbocycles. The van der Waals surface area contributed by atoms with Crippen molar-refractivity contribution in [2.24, 2.45) is 0 Å². The van der Waals surface area contributed by atoms with Gasteiger partial charge in [-0.3, -0.25) is 0 Å². The highest BCUT2D eigenvalue weighted by Gasteiger charge is 2.11. The summed E-state index contributed by atoms with van der Waals surface area (Å²) in [6, 6.07) is 11.3. The van der Waals surface area contributed by atoms with Crippen molar-refractivity contribution in [1.29, 1.82) is 0 Å². The topological polar surface area (TPSA) is 43.8 Å². The predicted molar refractivity (Wildman–Crippen MR) is 82.1 cm³/mol. The standard InChI is InChI=1S/C15H13BrFN3/c1-9-2-4-10(5-3-9)8-20-14-6-11(16)12(17)7-13(14)19-15(20)18/h2-7H,8H2,1H3,(H2,18,19). The van der Waals surface area contributed by atoms with Crippen molar-refractivity contribution in [1.82, 2.24) is 9.55 Å². The Bertz CT molecular complexity index is 778. The van der Waals surface area contributed by atoms with Crippen molar-refractivity contribution >= 4 is 32.9 Å². The maximum Gasteiger partial charge on any atom is 0.201 e. The van der Waals surface area contributed by atoms with Gasteiger partial charge in [0.25, 0.3) is 0 Å². The number of anilines is 1. The molecule has 2 N–H and O–H groups in total. The smallest absolute Gasteiger partial charge is 0.201 e. The molecule has 0 amide bonds. The lowest BCUT2D eigenvalue weighted by Gasteiger charge is -2.07. The van der Waals surface area contributed by atoms with Gasteiger partial charge in [-0.05, 0) is 34.5 Å². The summed E-state index contributed by atoms with van der Waals surface area (Å²) in [5.74, 6) is 0.0514. The second kappa shape index (κ2) is 4.90. The van der Waals surface area contributed by atoms with Gasteiger partial charge in [-0.25, -0.2) is 9.37 Å². The fraction of sp³-hybridized carbons (Fsp3) is 0.133. The van der Waals surface area contributed by atoms with Crippen molar-refractivity contribution < 1.29 is 4.39 Å².